The Morgan fingerprint density at radius 3 is 2.95 bits per heavy atom. The number of aromatic nitrogens is 1. The van der Waals surface area contributed by atoms with Crippen LogP contribution in [0.15, 0.2) is 30.5 Å². The molecule has 1 heterocycles. The van der Waals surface area contributed by atoms with E-state index in [1.54, 1.807) is 11.9 Å². The van der Waals surface area contributed by atoms with Crippen molar-refractivity contribution in [3.05, 3.63) is 36.0 Å². The Balaban J connectivity index is 1.87. The summed E-state index contributed by atoms with van der Waals surface area (Å²) >= 11 is 0. The number of para-hydroxylation sites is 1. The molecule has 0 aliphatic carbocycles. The number of amides is 1. The van der Waals surface area contributed by atoms with Crippen LogP contribution in [-0.4, -0.2) is 41.1 Å². The molecule has 0 unspecified atom stereocenters. The van der Waals surface area contributed by atoms with Gasteiger partial charge in [0.25, 0.3) is 0 Å². The summed E-state index contributed by atoms with van der Waals surface area (Å²) in [6.45, 7) is 0.427. The zero-order valence-corrected chi connectivity index (χ0v) is 11.2. The maximum atomic E-state index is 11.7. The SMILES string of the molecule is CN(CCO)C(=O)CCCc1c[nH]c2ccccc12. The number of likely N-dealkylation sites (N-methyl/N-ethyl adjacent to an activating group) is 1. The first kappa shape index (κ1) is 13.6. The lowest BCUT2D eigenvalue weighted by Crippen LogP contribution is -2.29. The van der Waals surface area contributed by atoms with Crippen LogP contribution in [0.1, 0.15) is 18.4 Å². The molecule has 1 aromatic heterocycles. The number of carbonyl (C=O) groups excluding carboxylic acids is 1. The minimum absolute atomic E-state index is 0.0185. The number of aliphatic hydroxyl groups is 1. The summed E-state index contributed by atoms with van der Waals surface area (Å²) in [6, 6.07) is 8.19. The monoisotopic (exact) mass is 260 g/mol. The van der Waals surface area contributed by atoms with Crippen LogP contribution >= 0.6 is 0 Å². The molecule has 0 fully saturated rings. The maximum absolute atomic E-state index is 11.7. The second-order valence-corrected chi connectivity index (χ2v) is 4.75. The van der Waals surface area contributed by atoms with E-state index in [9.17, 15) is 4.79 Å². The topological polar surface area (TPSA) is 56.3 Å². The number of rotatable bonds is 6. The van der Waals surface area contributed by atoms with Gasteiger partial charge in [0.1, 0.15) is 0 Å². The highest BCUT2D eigenvalue weighted by Gasteiger charge is 2.08. The second kappa shape index (κ2) is 6.38. The van der Waals surface area contributed by atoms with Crippen molar-refractivity contribution in [1.82, 2.24) is 9.88 Å². The molecule has 0 atom stereocenters. The van der Waals surface area contributed by atoms with Crippen LogP contribution in [0.25, 0.3) is 10.9 Å². The van der Waals surface area contributed by atoms with Crippen molar-refractivity contribution < 1.29 is 9.90 Å². The first-order chi connectivity index (χ1) is 9.22. The molecule has 4 nitrogen and oxygen atoms in total. The Labute approximate surface area is 113 Å². The van der Waals surface area contributed by atoms with Gasteiger partial charge in [0, 0.05) is 37.1 Å². The fraction of sp³-hybridized carbons (Fsp3) is 0.400. The fourth-order valence-corrected chi connectivity index (χ4v) is 2.23. The van der Waals surface area contributed by atoms with Crippen LogP contribution in [0.2, 0.25) is 0 Å². The minimum Gasteiger partial charge on any atom is -0.395 e. The normalized spacial score (nSPS) is 10.8. The largest absolute Gasteiger partial charge is 0.395 e. The summed E-state index contributed by atoms with van der Waals surface area (Å²) in [5.74, 6) is 0.0916. The minimum atomic E-state index is 0.0185. The maximum Gasteiger partial charge on any atom is 0.222 e. The van der Waals surface area contributed by atoms with Crippen molar-refractivity contribution in [3.8, 4) is 0 Å². The van der Waals surface area contributed by atoms with Gasteiger partial charge in [-0.15, -0.1) is 0 Å². The number of nitrogens with one attached hydrogen (secondary N) is 1. The van der Waals surface area contributed by atoms with Gasteiger partial charge in [0.05, 0.1) is 6.61 Å². The van der Waals surface area contributed by atoms with Gasteiger partial charge in [-0.25, -0.2) is 0 Å². The van der Waals surface area contributed by atoms with Crippen LogP contribution in [0.4, 0.5) is 0 Å². The number of aliphatic hydroxyl groups excluding tert-OH is 1. The number of H-pyrrole nitrogens is 1. The molecule has 2 rings (SSSR count). The Bertz CT molecular complexity index is 548. The van der Waals surface area contributed by atoms with Gasteiger partial charge in [-0.1, -0.05) is 18.2 Å². The average Bonchev–Trinajstić information content (AvgIpc) is 2.82. The predicted octanol–water partition coefficient (Wildman–Crippen LogP) is 1.94. The molecule has 0 radical (unpaired) electrons. The van der Waals surface area contributed by atoms with E-state index in [0.717, 1.165) is 18.4 Å². The van der Waals surface area contributed by atoms with Crippen LogP contribution < -0.4 is 0 Å². The van der Waals surface area contributed by atoms with Crippen molar-refractivity contribution in [1.29, 1.82) is 0 Å². The third-order valence-electron chi connectivity index (χ3n) is 3.37. The van der Waals surface area contributed by atoms with Crippen molar-refractivity contribution in [2.45, 2.75) is 19.3 Å². The second-order valence-electron chi connectivity index (χ2n) is 4.75. The van der Waals surface area contributed by atoms with Gasteiger partial charge in [0.2, 0.25) is 5.91 Å². The number of aryl methyl sites for hydroxylation is 1. The van der Waals surface area contributed by atoms with Gasteiger partial charge < -0.3 is 15.0 Å². The van der Waals surface area contributed by atoms with E-state index in [1.165, 1.54) is 10.9 Å². The van der Waals surface area contributed by atoms with Gasteiger partial charge in [-0.2, -0.15) is 0 Å². The summed E-state index contributed by atoms with van der Waals surface area (Å²) in [5, 5.41) is 10.0. The highest BCUT2D eigenvalue weighted by Crippen LogP contribution is 2.19. The lowest BCUT2D eigenvalue weighted by atomic mass is 10.1. The molecule has 1 aromatic carbocycles. The molecule has 4 heteroatoms. The van der Waals surface area contributed by atoms with Gasteiger partial charge >= 0.3 is 0 Å². The number of fused-ring (bicyclic) bond motifs is 1. The zero-order valence-electron chi connectivity index (χ0n) is 11.2. The van der Waals surface area contributed by atoms with E-state index >= 15 is 0 Å². The third kappa shape index (κ3) is 3.35. The standard InChI is InChI=1S/C15H20N2O2/c1-17(9-10-18)15(19)8-4-5-12-11-16-14-7-3-2-6-13(12)14/h2-3,6-7,11,16,18H,4-5,8-10H2,1H3. The van der Waals surface area contributed by atoms with E-state index in [4.69, 9.17) is 5.11 Å². The first-order valence-electron chi connectivity index (χ1n) is 6.62. The highest BCUT2D eigenvalue weighted by atomic mass is 16.3. The van der Waals surface area contributed by atoms with E-state index < -0.39 is 0 Å². The third-order valence-corrected chi connectivity index (χ3v) is 3.37. The summed E-state index contributed by atoms with van der Waals surface area (Å²) in [4.78, 5) is 16.6. The van der Waals surface area contributed by atoms with Crippen molar-refractivity contribution in [3.63, 3.8) is 0 Å². The molecule has 0 spiro atoms. The average molecular weight is 260 g/mol. The molecule has 19 heavy (non-hydrogen) atoms. The number of hydrogen-bond donors (Lipinski definition) is 2. The molecule has 0 aliphatic rings. The molecule has 1 amide bonds. The number of nitrogens with zero attached hydrogens (tertiary/aromatic N) is 1. The van der Waals surface area contributed by atoms with Crippen molar-refractivity contribution >= 4 is 16.8 Å². The smallest absolute Gasteiger partial charge is 0.222 e. The van der Waals surface area contributed by atoms with Gasteiger partial charge in [0.15, 0.2) is 0 Å². The molecule has 0 aliphatic heterocycles. The Morgan fingerprint density at radius 2 is 2.16 bits per heavy atom. The van der Waals surface area contributed by atoms with Crippen molar-refractivity contribution in [2.24, 2.45) is 0 Å². The van der Waals surface area contributed by atoms with Crippen molar-refractivity contribution in [2.75, 3.05) is 20.2 Å². The summed E-state index contributed by atoms with van der Waals surface area (Å²) in [5.41, 5.74) is 2.40. The molecule has 0 saturated heterocycles. The van der Waals surface area contributed by atoms with E-state index in [-0.39, 0.29) is 12.5 Å². The van der Waals surface area contributed by atoms with Crippen LogP contribution in [-0.2, 0) is 11.2 Å². The molecule has 2 aromatic rings. The zero-order chi connectivity index (χ0) is 13.7. The first-order valence-corrected chi connectivity index (χ1v) is 6.62. The molecule has 2 N–H and O–H groups in total. The van der Waals surface area contributed by atoms with E-state index in [2.05, 4.69) is 17.1 Å². The number of carbonyl (C=O) groups is 1. The lowest BCUT2D eigenvalue weighted by Gasteiger charge is -2.15. The Morgan fingerprint density at radius 1 is 1.37 bits per heavy atom. The van der Waals surface area contributed by atoms with Crippen LogP contribution in [0.3, 0.4) is 0 Å². The lowest BCUT2D eigenvalue weighted by molar-refractivity contribution is -0.130. The van der Waals surface area contributed by atoms with Gasteiger partial charge in [-0.3, -0.25) is 4.79 Å². The number of aromatic amines is 1. The molecular formula is C15H20N2O2. The number of hydrogen-bond acceptors (Lipinski definition) is 2. The summed E-state index contributed by atoms with van der Waals surface area (Å²) < 4.78 is 0. The van der Waals surface area contributed by atoms with Crippen LogP contribution in [0.5, 0.6) is 0 Å². The Kier molecular flexibility index (Phi) is 4.58. The predicted molar refractivity (Wildman–Crippen MR) is 76.0 cm³/mol. The molecule has 102 valence electrons. The van der Waals surface area contributed by atoms with Gasteiger partial charge in [-0.05, 0) is 24.5 Å². The highest BCUT2D eigenvalue weighted by molar-refractivity contribution is 5.83. The van der Waals surface area contributed by atoms with E-state index in [1.807, 2.05) is 18.3 Å². The van der Waals surface area contributed by atoms with E-state index in [0.29, 0.717) is 13.0 Å². The Hall–Kier alpha value is -1.81. The molecular weight excluding hydrogens is 240 g/mol. The molecule has 0 bridgehead atoms. The van der Waals surface area contributed by atoms with Crippen LogP contribution in [0, 0.1) is 0 Å². The number of benzene rings is 1. The quantitative estimate of drug-likeness (QED) is 0.834. The molecule has 0 saturated carbocycles. The summed E-state index contributed by atoms with van der Waals surface area (Å²) in [6.07, 6.45) is 4.27. The summed E-state index contributed by atoms with van der Waals surface area (Å²) in [7, 11) is 1.73. The fourth-order valence-electron chi connectivity index (χ4n) is 2.23.